The molecule has 0 bridgehead atoms. The number of rotatable bonds is 6. The van der Waals surface area contributed by atoms with Crippen LogP contribution in [0.25, 0.3) is 0 Å². The van der Waals surface area contributed by atoms with Gasteiger partial charge in [-0.3, -0.25) is 0 Å². The lowest BCUT2D eigenvalue weighted by Crippen LogP contribution is -2.21. The van der Waals surface area contributed by atoms with Gasteiger partial charge in [0, 0.05) is 6.04 Å². The average molecular weight is 233 g/mol. The number of ether oxygens (including phenoxy) is 1. The van der Waals surface area contributed by atoms with Gasteiger partial charge >= 0.3 is 0 Å². The predicted octanol–water partition coefficient (Wildman–Crippen LogP) is 3.16. The van der Waals surface area contributed by atoms with Gasteiger partial charge in [-0.1, -0.05) is 19.1 Å². The summed E-state index contributed by atoms with van der Waals surface area (Å²) in [6.07, 6.45) is 6.16. The predicted molar refractivity (Wildman–Crippen MR) is 71.6 cm³/mol. The van der Waals surface area contributed by atoms with E-state index in [4.69, 9.17) is 4.74 Å². The van der Waals surface area contributed by atoms with E-state index in [1.165, 1.54) is 31.4 Å². The Morgan fingerprint density at radius 1 is 1.29 bits per heavy atom. The van der Waals surface area contributed by atoms with Crippen molar-refractivity contribution in [2.75, 3.05) is 13.2 Å². The fourth-order valence-electron chi connectivity index (χ4n) is 2.34. The highest BCUT2D eigenvalue weighted by Gasteiger charge is 2.12. The summed E-state index contributed by atoms with van der Waals surface area (Å²) >= 11 is 0. The molecule has 1 fully saturated rings. The number of hydrogen-bond donors (Lipinski definition) is 1. The number of nitrogens with one attached hydrogen (secondary N) is 1. The second kappa shape index (κ2) is 6.65. The normalized spacial score (nSPS) is 19.5. The van der Waals surface area contributed by atoms with E-state index in [0.29, 0.717) is 0 Å². The van der Waals surface area contributed by atoms with Gasteiger partial charge in [0.05, 0.1) is 6.61 Å². The van der Waals surface area contributed by atoms with Gasteiger partial charge in [0.1, 0.15) is 5.75 Å². The Morgan fingerprint density at radius 3 is 2.76 bits per heavy atom. The van der Waals surface area contributed by atoms with Gasteiger partial charge in [-0.15, -0.1) is 0 Å². The first-order chi connectivity index (χ1) is 8.38. The Labute approximate surface area is 104 Å². The first-order valence-electron chi connectivity index (χ1n) is 6.83. The van der Waals surface area contributed by atoms with E-state index < -0.39 is 0 Å². The molecule has 0 radical (unpaired) electrons. The molecule has 1 atom stereocenters. The van der Waals surface area contributed by atoms with Crippen molar-refractivity contribution < 1.29 is 4.74 Å². The van der Waals surface area contributed by atoms with Crippen LogP contribution in [-0.2, 0) is 6.42 Å². The van der Waals surface area contributed by atoms with Crippen LogP contribution in [0.15, 0.2) is 24.3 Å². The molecular formula is C15H23NO. The quantitative estimate of drug-likeness (QED) is 0.762. The van der Waals surface area contributed by atoms with E-state index in [0.717, 1.165) is 31.2 Å². The summed E-state index contributed by atoms with van der Waals surface area (Å²) in [6.45, 7) is 4.21. The van der Waals surface area contributed by atoms with Gasteiger partial charge in [-0.25, -0.2) is 0 Å². The Kier molecular flexibility index (Phi) is 4.87. The summed E-state index contributed by atoms with van der Waals surface area (Å²) in [6, 6.07) is 9.18. The summed E-state index contributed by atoms with van der Waals surface area (Å²) in [5, 5.41) is 3.51. The van der Waals surface area contributed by atoms with Crippen molar-refractivity contribution in [2.24, 2.45) is 0 Å². The van der Waals surface area contributed by atoms with E-state index in [1.54, 1.807) is 0 Å². The van der Waals surface area contributed by atoms with E-state index in [-0.39, 0.29) is 0 Å². The van der Waals surface area contributed by atoms with E-state index in [1.807, 2.05) is 0 Å². The Balaban J connectivity index is 1.63. The minimum absolute atomic E-state index is 0.737. The molecule has 0 aliphatic carbocycles. The molecule has 1 aromatic rings. The maximum atomic E-state index is 5.74. The molecule has 0 spiro atoms. The van der Waals surface area contributed by atoms with Crippen LogP contribution in [0, 0.1) is 0 Å². The molecule has 2 nitrogen and oxygen atoms in total. The van der Waals surface area contributed by atoms with Crippen LogP contribution in [0.3, 0.4) is 0 Å². The van der Waals surface area contributed by atoms with E-state index in [2.05, 4.69) is 36.5 Å². The second-order valence-electron chi connectivity index (χ2n) is 4.78. The molecule has 0 amide bonds. The van der Waals surface area contributed by atoms with Crippen LogP contribution in [0.4, 0.5) is 0 Å². The Hall–Kier alpha value is -1.02. The first-order valence-corrected chi connectivity index (χ1v) is 6.83. The average Bonchev–Trinajstić information content (AvgIpc) is 2.88. The van der Waals surface area contributed by atoms with Crippen molar-refractivity contribution in [3.8, 4) is 5.75 Å². The van der Waals surface area contributed by atoms with Crippen molar-refractivity contribution in [3.63, 3.8) is 0 Å². The fourth-order valence-corrected chi connectivity index (χ4v) is 2.34. The minimum atomic E-state index is 0.737. The molecule has 1 aliphatic heterocycles. The lowest BCUT2D eigenvalue weighted by atomic mass is 10.1. The summed E-state index contributed by atoms with van der Waals surface area (Å²) in [7, 11) is 0. The lowest BCUT2D eigenvalue weighted by molar-refractivity contribution is 0.299. The molecule has 1 aromatic carbocycles. The zero-order valence-corrected chi connectivity index (χ0v) is 10.7. The summed E-state index contributed by atoms with van der Waals surface area (Å²) in [5.41, 5.74) is 1.37. The lowest BCUT2D eigenvalue weighted by Gasteiger charge is -2.10. The zero-order chi connectivity index (χ0) is 11.9. The fraction of sp³-hybridized carbons (Fsp3) is 0.600. The molecule has 17 heavy (non-hydrogen) atoms. The molecular weight excluding hydrogens is 210 g/mol. The SMILES string of the molecule is CCc1ccc(OCCCC2CCCN2)cc1. The highest BCUT2D eigenvalue weighted by atomic mass is 16.5. The topological polar surface area (TPSA) is 21.3 Å². The molecule has 2 heteroatoms. The zero-order valence-electron chi connectivity index (χ0n) is 10.7. The van der Waals surface area contributed by atoms with E-state index >= 15 is 0 Å². The Morgan fingerprint density at radius 2 is 2.12 bits per heavy atom. The maximum absolute atomic E-state index is 5.74. The smallest absolute Gasteiger partial charge is 0.119 e. The molecule has 94 valence electrons. The largest absolute Gasteiger partial charge is 0.494 e. The van der Waals surface area contributed by atoms with Gasteiger partial charge < -0.3 is 10.1 Å². The molecule has 1 saturated heterocycles. The number of benzene rings is 1. The monoisotopic (exact) mass is 233 g/mol. The third-order valence-corrected chi connectivity index (χ3v) is 3.46. The molecule has 1 aliphatic rings. The van der Waals surface area contributed by atoms with Crippen molar-refractivity contribution in [1.82, 2.24) is 5.32 Å². The van der Waals surface area contributed by atoms with Gasteiger partial charge in [0.25, 0.3) is 0 Å². The van der Waals surface area contributed by atoms with Gasteiger partial charge in [-0.05, 0) is 56.3 Å². The summed E-state index contributed by atoms with van der Waals surface area (Å²) < 4.78 is 5.74. The first kappa shape index (κ1) is 12.4. The van der Waals surface area contributed by atoms with Crippen molar-refractivity contribution in [3.05, 3.63) is 29.8 Å². The molecule has 0 aromatic heterocycles. The maximum Gasteiger partial charge on any atom is 0.119 e. The molecule has 1 unspecified atom stereocenters. The minimum Gasteiger partial charge on any atom is -0.494 e. The molecule has 2 rings (SSSR count). The highest BCUT2D eigenvalue weighted by molar-refractivity contribution is 5.27. The third kappa shape index (κ3) is 4.04. The van der Waals surface area contributed by atoms with Crippen LogP contribution in [0.1, 0.15) is 38.2 Å². The van der Waals surface area contributed by atoms with Crippen LogP contribution >= 0.6 is 0 Å². The molecule has 1 heterocycles. The van der Waals surface area contributed by atoms with Crippen molar-refractivity contribution in [2.45, 2.75) is 45.1 Å². The third-order valence-electron chi connectivity index (χ3n) is 3.46. The molecule has 0 saturated carbocycles. The van der Waals surface area contributed by atoms with Gasteiger partial charge in [0.15, 0.2) is 0 Å². The second-order valence-corrected chi connectivity index (χ2v) is 4.78. The Bertz CT molecular complexity index is 314. The van der Waals surface area contributed by atoms with Crippen LogP contribution in [0.5, 0.6) is 5.75 Å². The molecule has 1 N–H and O–H groups in total. The van der Waals surface area contributed by atoms with Gasteiger partial charge in [0.2, 0.25) is 0 Å². The standard InChI is InChI=1S/C15H23NO/c1-2-13-7-9-15(10-8-13)17-12-4-6-14-5-3-11-16-14/h7-10,14,16H,2-6,11-12H2,1H3. The van der Waals surface area contributed by atoms with Crippen LogP contribution < -0.4 is 10.1 Å². The summed E-state index contributed by atoms with van der Waals surface area (Å²) in [4.78, 5) is 0. The number of aryl methyl sites for hydroxylation is 1. The van der Waals surface area contributed by atoms with Crippen LogP contribution in [-0.4, -0.2) is 19.2 Å². The van der Waals surface area contributed by atoms with Crippen molar-refractivity contribution >= 4 is 0 Å². The highest BCUT2D eigenvalue weighted by Crippen LogP contribution is 2.14. The van der Waals surface area contributed by atoms with Crippen molar-refractivity contribution in [1.29, 1.82) is 0 Å². The number of hydrogen-bond acceptors (Lipinski definition) is 2. The van der Waals surface area contributed by atoms with Crippen LogP contribution in [0.2, 0.25) is 0 Å². The van der Waals surface area contributed by atoms with Gasteiger partial charge in [-0.2, -0.15) is 0 Å². The van der Waals surface area contributed by atoms with E-state index in [9.17, 15) is 0 Å². The summed E-state index contributed by atoms with van der Waals surface area (Å²) in [5.74, 6) is 1.00.